The van der Waals surface area contributed by atoms with Crippen LogP contribution in [0.3, 0.4) is 0 Å². The molecule has 0 saturated heterocycles. The van der Waals surface area contributed by atoms with Gasteiger partial charge in [0.2, 0.25) is 0 Å². The molecule has 100 valence electrons. The lowest BCUT2D eigenvalue weighted by atomic mass is 9.93. The van der Waals surface area contributed by atoms with Gasteiger partial charge in [-0.15, -0.1) is 0 Å². The van der Waals surface area contributed by atoms with Crippen molar-refractivity contribution in [3.63, 3.8) is 0 Å². The number of carbonyl (C=O) groups is 2. The van der Waals surface area contributed by atoms with Crippen molar-refractivity contribution in [3.8, 4) is 0 Å². The molecule has 1 aliphatic rings. The van der Waals surface area contributed by atoms with Gasteiger partial charge in [0.05, 0.1) is 0 Å². The van der Waals surface area contributed by atoms with E-state index in [2.05, 4.69) is 5.32 Å². The van der Waals surface area contributed by atoms with E-state index in [9.17, 15) is 9.59 Å². The summed E-state index contributed by atoms with van der Waals surface area (Å²) in [6.07, 6.45) is 5.83. The number of carbonyl (C=O) groups excluding carboxylic acids is 1. The van der Waals surface area contributed by atoms with Crippen molar-refractivity contribution in [2.24, 2.45) is 0 Å². The summed E-state index contributed by atoms with van der Waals surface area (Å²) >= 11 is 0. The van der Waals surface area contributed by atoms with Crippen molar-refractivity contribution in [3.05, 3.63) is 41.0 Å². The third-order valence-corrected chi connectivity index (χ3v) is 3.22. The lowest BCUT2D eigenvalue weighted by Crippen LogP contribution is -2.39. The van der Waals surface area contributed by atoms with Gasteiger partial charge in [0.25, 0.3) is 5.91 Å². The molecule has 4 heteroatoms. The zero-order chi connectivity index (χ0) is 13.8. The quantitative estimate of drug-likeness (QED) is 0.816. The maximum atomic E-state index is 12.0. The molecule has 19 heavy (non-hydrogen) atoms. The first-order valence-corrected chi connectivity index (χ1v) is 6.38. The molecule has 0 aromatic heterocycles. The number of benzene rings is 1. The molecule has 1 fully saturated rings. The SMILES string of the molecule is Cc1cc(/C=C/C(=O)O)cc(C(=O)NC2CCC2)c1. The first-order chi connectivity index (χ1) is 9.04. The predicted octanol–water partition coefficient (Wildman–Crippen LogP) is 2.38. The zero-order valence-corrected chi connectivity index (χ0v) is 10.8. The van der Waals surface area contributed by atoms with Crippen molar-refractivity contribution in [1.82, 2.24) is 5.32 Å². The summed E-state index contributed by atoms with van der Waals surface area (Å²) in [4.78, 5) is 22.5. The van der Waals surface area contributed by atoms with E-state index in [0.29, 0.717) is 11.6 Å². The fourth-order valence-electron chi connectivity index (χ4n) is 2.03. The molecule has 0 atom stereocenters. The standard InChI is InChI=1S/C15H17NO3/c1-10-7-11(5-6-14(17)18)9-12(8-10)15(19)16-13-3-2-4-13/h5-9,13H,2-4H2,1H3,(H,16,19)(H,17,18)/b6-5+. The lowest BCUT2D eigenvalue weighted by Gasteiger charge is -2.26. The second-order valence-electron chi connectivity index (χ2n) is 4.91. The van der Waals surface area contributed by atoms with E-state index < -0.39 is 5.97 Å². The van der Waals surface area contributed by atoms with Gasteiger partial charge in [0.15, 0.2) is 0 Å². The Hall–Kier alpha value is -2.10. The maximum absolute atomic E-state index is 12.0. The summed E-state index contributed by atoms with van der Waals surface area (Å²) in [5.74, 6) is -1.08. The summed E-state index contributed by atoms with van der Waals surface area (Å²) in [7, 11) is 0. The van der Waals surface area contributed by atoms with Crippen LogP contribution in [0.15, 0.2) is 24.3 Å². The third-order valence-electron chi connectivity index (χ3n) is 3.22. The number of carboxylic acids is 1. The van der Waals surface area contributed by atoms with Crippen LogP contribution in [0, 0.1) is 6.92 Å². The van der Waals surface area contributed by atoms with Gasteiger partial charge in [-0.25, -0.2) is 4.79 Å². The van der Waals surface area contributed by atoms with E-state index in [1.54, 1.807) is 6.07 Å². The third kappa shape index (κ3) is 3.68. The van der Waals surface area contributed by atoms with Crippen molar-refractivity contribution in [2.75, 3.05) is 0 Å². The van der Waals surface area contributed by atoms with E-state index in [-0.39, 0.29) is 5.91 Å². The Morgan fingerprint density at radius 1 is 1.32 bits per heavy atom. The number of hydrogen-bond acceptors (Lipinski definition) is 2. The molecule has 1 aromatic carbocycles. The van der Waals surface area contributed by atoms with Gasteiger partial charge in [-0.05, 0) is 55.5 Å². The first kappa shape index (κ1) is 13.3. The molecule has 4 nitrogen and oxygen atoms in total. The topological polar surface area (TPSA) is 66.4 Å². The van der Waals surface area contributed by atoms with Gasteiger partial charge in [-0.1, -0.05) is 6.07 Å². The molecule has 0 heterocycles. The van der Waals surface area contributed by atoms with E-state index in [1.807, 2.05) is 19.1 Å². The second kappa shape index (κ2) is 5.69. The van der Waals surface area contributed by atoms with Crippen molar-refractivity contribution < 1.29 is 14.7 Å². The Labute approximate surface area is 112 Å². The zero-order valence-electron chi connectivity index (χ0n) is 10.8. The fraction of sp³-hybridized carbons (Fsp3) is 0.333. The van der Waals surface area contributed by atoms with E-state index in [1.165, 1.54) is 12.5 Å². The molecule has 0 unspecified atom stereocenters. The van der Waals surface area contributed by atoms with Crippen molar-refractivity contribution in [2.45, 2.75) is 32.2 Å². The van der Waals surface area contributed by atoms with Crippen LogP contribution in [0.1, 0.15) is 40.7 Å². The molecule has 1 amide bonds. The average Bonchev–Trinajstić information content (AvgIpc) is 2.30. The van der Waals surface area contributed by atoms with Crippen LogP contribution < -0.4 is 5.32 Å². The highest BCUT2D eigenvalue weighted by atomic mass is 16.4. The highest BCUT2D eigenvalue weighted by molar-refractivity contribution is 5.95. The van der Waals surface area contributed by atoms with Crippen molar-refractivity contribution >= 4 is 18.0 Å². The molecule has 1 saturated carbocycles. The lowest BCUT2D eigenvalue weighted by molar-refractivity contribution is -0.131. The summed E-state index contributed by atoms with van der Waals surface area (Å²) < 4.78 is 0. The number of aliphatic carboxylic acids is 1. The van der Waals surface area contributed by atoms with Crippen LogP contribution in [0.25, 0.3) is 6.08 Å². The first-order valence-electron chi connectivity index (χ1n) is 6.38. The molecule has 1 aliphatic carbocycles. The smallest absolute Gasteiger partial charge is 0.328 e. The molecule has 2 N–H and O–H groups in total. The maximum Gasteiger partial charge on any atom is 0.328 e. The van der Waals surface area contributed by atoms with E-state index >= 15 is 0 Å². The highest BCUT2D eigenvalue weighted by Crippen LogP contribution is 2.19. The number of amides is 1. The van der Waals surface area contributed by atoms with E-state index in [0.717, 1.165) is 30.0 Å². The van der Waals surface area contributed by atoms with Crippen LogP contribution >= 0.6 is 0 Å². The number of nitrogens with one attached hydrogen (secondary N) is 1. The Morgan fingerprint density at radius 3 is 2.63 bits per heavy atom. The Balaban J connectivity index is 2.15. The van der Waals surface area contributed by atoms with E-state index in [4.69, 9.17) is 5.11 Å². The molecule has 1 aromatic rings. The average molecular weight is 259 g/mol. The second-order valence-corrected chi connectivity index (χ2v) is 4.91. The highest BCUT2D eigenvalue weighted by Gasteiger charge is 2.20. The minimum absolute atomic E-state index is 0.0848. The Morgan fingerprint density at radius 2 is 2.05 bits per heavy atom. The van der Waals surface area contributed by atoms with Gasteiger partial charge < -0.3 is 10.4 Å². The minimum atomic E-state index is -0.998. The van der Waals surface area contributed by atoms with Gasteiger partial charge in [0, 0.05) is 17.7 Å². The Bertz CT molecular complexity index is 530. The Kier molecular flexibility index (Phi) is 4.00. The van der Waals surface area contributed by atoms with Crippen LogP contribution in [0.4, 0.5) is 0 Å². The van der Waals surface area contributed by atoms with Gasteiger partial charge >= 0.3 is 5.97 Å². The summed E-state index contributed by atoms with van der Waals surface area (Å²) in [6, 6.07) is 5.66. The fourth-order valence-corrected chi connectivity index (χ4v) is 2.03. The van der Waals surface area contributed by atoms with Crippen LogP contribution in [0.2, 0.25) is 0 Å². The van der Waals surface area contributed by atoms with Gasteiger partial charge in [-0.3, -0.25) is 4.79 Å². The molecule has 0 radical (unpaired) electrons. The summed E-state index contributed by atoms with van der Waals surface area (Å²) in [5.41, 5.74) is 2.24. The van der Waals surface area contributed by atoms with Crippen LogP contribution in [-0.4, -0.2) is 23.0 Å². The number of aryl methyl sites for hydroxylation is 1. The molecule has 0 bridgehead atoms. The molecule has 2 rings (SSSR count). The summed E-state index contributed by atoms with van der Waals surface area (Å²) in [6.45, 7) is 1.89. The molecule has 0 aliphatic heterocycles. The van der Waals surface area contributed by atoms with Crippen LogP contribution in [-0.2, 0) is 4.79 Å². The molecular formula is C15H17NO3. The van der Waals surface area contributed by atoms with Crippen LogP contribution in [0.5, 0.6) is 0 Å². The minimum Gasteiger partial charge on any atom is -0.478 e. The summed E-state index contributed by atoms with van der Waals surface area (Å²) in [5, 5.41) is 11.6. The number of carboxylic acid groups (broad SMARTS) is 1. The van der Waals surface area contributed by atoms with Gasteiger partial charge in [0.1, 0.15) is 0 Å². The monoisotopic (exact) mass is 259 g/mol. The largest absolute Gasteiger partial charge is 0.478 e. The number of rotatable bonds is 4. The normalized spacial score (nSPS) is 15.2. The van der Waals surface area contributed by atoms with Gasteiger partial charge in [-0.2, -0.15) is 0 Å². The predicted molar refractivity (Wildman–Crippen MR) is 73.0 cm³/mol. The number of hydrogen-bond donors (Lipinski definition) is 2. The van der Waals surface area contributed by atoms with Crippen molar-refractivity contribution in [1.29, 1.82) is 0 Å². The molecule has 0 spiro atoms. The molecular weight excluding hydrogens is 242 g/mol.